The Balaban J connectivity index is 2.33. The topological polar surface area (TPSA) is 49.3 Å². The zero-order valence-electron chi connectivity index (χ0n) is 11.2. The minimum atomic E-state index is -0.936. The molecule has 18 heavy (non-hydrogen) atoms. The normalized spacial score (nSPS) is 16.5. The van der Waals surface area contributed by atoms with Crippen molar-refractivity contribution in [1.29, 1.82) is 0 Å². The molecule has 3 nitrogen and oxygen atoms in total. The monoisotopic (exact) mass is 251 g/mol. The Morgan fingerprint density at radius 3 is 2.33 bits per heavy atom. The summed E-state index contributed by atoms with van der Waals surface area (Å²) in [7, 11) is 0. The van der Waals surface area contributed by atoms with Gasteiger partial charge in [0.2, 0.25) is 5.91 Å². The van der Waals surface area contributed by atoms with Crippen LogP contribution < -0.4 is 5.32 Å². The maximum Gasteiger partial charge on any atom is 0.220 e. The van der Waals surface area contributed by atoms with Gasteiger partial charge in [-0.2, -0.15) is 0 Å². The van der Waals surface area contributed by atoms with E-state index in [1.165, 1.54) is 12.8 Å². The average Bonchev–Trinajstić information content (AvgIpc) is 2.80. The van der Waals surface area contributed by atoms with Crippen LogP contribution in [-0.2, 0) is 4.79 Å². The summed E-state index contributed by atoms with van der Waals surface area (Å²) < 4.78 is 0. The summed E-state index contributed by atoms with van der Waals surface area (Å²) in [6, 6.07) is 0. The number of aliphatic hydroxyl groups is 1. The minimum Gasteiger partial charge on any atom is -0.387 e. The second-order valence-corrected chi connectivity index (χ2v) is 5.34. The highest BCUT2D eigenvalue weighted by Crippen LogP contribution is 2.27. The van der Waals surface area contributed by atoms with Crippen LogP contribution in [0.2, 0.25) is 0 Å². The van der Waals surface area contributed by atoms with E-state index < -0.39 is 5.60 Å². The third kappa shape index (κ3) is 5.05. The summed E-state index contributed by atoms with van der Waals surface area (Å²) >= 11 is 0. The molecular weight excluding hydrogens is 226 g/mol. The number of hydrogen-bond acceptors (Lipinski definition) is 2. The lowest BCUT2D eigenvalue weighted by Gasteiger charge is -2.26. The van der Waals surface area contributed by atoms with E-state index in [4.69, 9.17) is 0 Å². The van der Waals surface area contributed by atoms with Gasteiger partial charge in [0.25, 0.3) is 0 Å². The van der Waals surface area contributed by atoms with Gasteiger partial charge >= 0.3 is 0 Å². The van der Waals surface area contributed by atoms with E-state index in [1.807, 2.05) is 0 Å². The minimum absolute atomic E-state index is 0.0495. The smallest absolute Gasteiger partial charge is 0.220 e. The SMILES string of the molecule is C=CCC(O)(CC=C)CNC(=O)CC1CCCC1. The van der Waals surface area contributed by atoms with E-state index in [0.717, 1.165) is 12.8 Å². The van der Waals surface area contributed by atoms with E-state index in [0.29, 0.717) is 25.2 Å². The molecule has 0 radical (unpaired) electrons. The summed E-state index contributed by atoms with van der Waals surface area (Å²) in [5.74, 6) is 0.588. The number of hydrogen-bond donors (Lipinski definition) is 2. The maximum absolute atomic E-state index is 11.8. The summed E-state index contributed by atoms with van der Waals surface area (Å²) in [6.45, 7) is 7.54. The Hall–Kier alpha value is -1.09. The van der Waals surface area contributed by atoms with Gasteiger partial charge in [0.05, 0.1) is 5.60 Å². The van der Waals surface area contributed by atoms with E-state index in [-0.39, 0.29) is 12.5 Å². The lowest BCUT2D eigenvalue weighted by atomic mass is 9.95. The van der Waals surface area contributed by atoms with Crippen LogP contribution >= 0.6 is 0 Å². The van der Waals surface area contributed by atoms with Gasteiger partial charge in [-0.3, -0.25) is 4.79 Å². The number of rotatable bonds is 8. The number of carbonyl (C=O) groups is 1. The van der Waals surface area contributed by atoms with Crippen molar-refractivity contribution >= 4 is 5.91 Å². The first-order valence-corrected chi connectivity index (χ1v) is 6.80. The van der Waals surface area contributed by atoms with E-state index in [2.05, 4.69) is 18.5 Å². The van der Waals surface area contributed by atoms with E-state index >= 15 is 0 Å². The first kappa shape index (κ1) is 15.0. The molecule has 0 unspecified atom stereocenters. The quantitative estimate of drug-likeness (QED) is 0.651. The molecule has 0 aromatic heterocycles. The lowest BCUT2D eigenvalue weighted by molar-refractivity contribution is -0.123. The van der Waals surface area contributed by atoms with Crippen molar-refractivity contribution in [2.24, 2.45) is 5.92 Å². The van der Waals surface area contributed by atoms with Gasteiger partial charge < -0.3 is 10.4 Å². The summed E-state index contributed by atoms with van der Waals surface area (Å²) in [4.78, 5) is 11.8. The Bertz CT molecular complexity index is 283. The Labute approximate surface area is 110 Å². The van der Waals surface area contributed by atoms with Crippen LogP contribution in [0.5, 0.6) is 0 Å². The number of carbonyl (C=O) groups excluding carboxylic acids is 1. The first-order valence-electron chi connectivity index (χ1n) is 6.80. The molecule has 0 saturated heterocycles. The standard InChI is InChI=1S/C15H25NO2/c1-3-9-15(18,10-4-2)12-16-14(17)11-13-7-5-6-8-13/h3-4,13,18H,1-2,5-12H2,(H,16,17). The summed E-state index contributed by atoms with van der Waals surface area (Å²) in [5, 5.41) is 13.1. The highest BCUT2D eigenvalue weighted by molar-refractivity contribution is 5.76. The average molecular weight is 251 g/mol. The molecule has 1 fully saturated rings. The zero-order valence-corrected chi connectivity index (χ0v) is 11.2. The molecule has 0 aliphatic heterocycles. The highest BCUT2D eigenvalue weighted by atomic mass is 16.3. The van der Waals surface area contributed by atoms with Crippen LogP contribution in [0.3, 0.4) is 0 Å². The third-order valence-corrected chi connectivity index (χ3v) is 3.61. The molecule has 0 aromatic carbocycles. The maximum atomic E-state index is 11.8. The highest BCUT2D eigenvalue weighted by Gasteiger charge is 2.25. The van der Waals surface area contributed by atoms with Crippen molar-refractivity contribution in [3.63, 3.8) is 0 Å². The Morgan fingerprint density at radius 2 is 1.83 bits per heavy atom. The molecule has 0 heterocycles. The van der Waals surface area contributed by atoms with Crippen LogP contribution in [0.4, 0.5) is 0 Å². The fraction of sp³-hybridized carbons (Fsp3) is 0.667. The number of nitrogens with one attached hydrogen (secondary N) is 1. The van der Waals surface area contributed by atoms with E-state index in [9.17, 15) is 9.90 Å². The summed E-state index contributed by atoms with van der Waals surface area (Å²) in [6.07, 6.45) is 9.68. The van der Waals surface area contributed by atoms with Crippen LogP contribution in [0.25, 0.3) is 0 Å². The molecule has 102 valence electrons. The molecule has 3 heteroatoms. The van der Waals surface area contributed by atoms with Crippen molar-refractivity contribution in [2.75, 3.05) is 6.54 Å². The van der Waals surface area contributed by atoms with Crippen molar-refractivity contribution < 1.29 is 9.90 Å². The van der Waals surface area contributed by atoms with Crippen molar-refractivity contribution in [3.8, 4) is 0 Å². The zero-order chi connectivity index (χ0) is 13.4. The molecule has 2 N–H and O–H groups in total. The second-order valence-electron chi connectivity index (χ2n) is 5.34. The number of amides is 1. The third-order valence-electron chi connectivity index (χ3n) is 3.61. The van der Waals surface area contributed by atoms with Gasteiger partial charge in [-0.05, 0) is 31.6 Å². The molecule has 0 spiro atoms. The van der Waals surface area contributed by atoms with Crippen LogP contribution in [-0.4, -0.2) is 23.2 Å². The fourth-order valence-electron chi connectivity index (χ4n) is 2.58. The molecule has 0 atom stereocenters. The van der Waals surface area contributed by atoms with Gasteiger partial charge in [0, 0.05) is 13.0 Å². The molecule has 0 bridgehead atoms. The van der Waals surface area contributed by atoms with E-state index in [1.54, 1.807) is 12.2 Å². The predicted octanol–water partition coefficient (Wildman–Crippen LogP) is 2.57. The molecular formula is C15H25NO2. The predicted molar refractivity (Wildman–Crippen MR) is 74.2 cm³/mol. The Morgan fingerprint density at radius 1 is 1.28 bits per heavy atom. The Kier molecular flexibility index (Phi) is 6.13. The fourth-order valence-corrected chi connectivity index (χ4v) is 2.58. The molecule has 1 saturated carbocycles. The lowest BCUT2D eigenvalue weighted by Crippen LogP contribution is -2.42. The van der Waals surface area contributed by atoms with Crippen molar-refractivity contribution in [3.05, 3.63) is 25.3 Å². The van der Waals surface area contributed by atoms with Crippen molar-refractivity contribution in [2.45, 2.75) is 50.5 Å². The molecule has 0 aromatic rings. The van der Waals surface area contributed by atoms with Gasteiger partial charge in [-0.25, -0.2) is 0 Å². The first-order chi connectivity index (χ1) is 8.59. The molecule has 1 amide bonds. The van der Waals surface area contributed by atoms with Gasteiger partial charge in [-0.15, -0.1) is 13.2 Å². The van der Waals surface area contributed by atoms with Gasteiger partial charge in [-0.1, -0.05) is 25.0 Å². The molecule has 1 rings (SSSR count). The molecule has 1 aliphatic carbocycles. The van der Waals surface area contributed by atoms with Crippen LogP contribution in [0, 0.1) is 5.92 Å². The van der Waals surface area contributed by atoms with Crippen LogP contribution in [0.1, 0.15) is 44.9 Å². The van der Waals surface area contributed by atoms with Gasteiger partial charge in [0.1, 0.15) is 0 Å². The van der Waals surface area contributed by atoms with Crippen LogP contribution in [0.15, 0.2) is 25.3 Å². The molecule has 1 aliphatic rings. The van der Waals surface area contributed by atoms with Crippen molar-refractivity contribution in [1.82, 2.24) is 5.32 Å². The van der Waals surface area contributed by atoms with Gasteiger partial charge in [0.15, 0.2) is 0 Å². The summed E-state index contributed by atoms with van der Waals surface area (Å²) in [5.41, 5.74) is -0.936. The second kappa shape index (κ2) is 7.37. The largest absolute Gasteiger partial charge is 0.387 e.